The van der Waals surface area contributed by atoms with E-state index in [2.05, 4.69) is 12.2 Å². The third-order valence-corrected chi connectivity index (χ3v) is 2.59. The highest BCUT2D eigenvalue weighted by atomic mass is 16.3. The summed E-state index contributed by atoms with van der Waals surface area (Å²) in [5.74, 6) is 1.89. The average Bonchev–Trinajstić information content (AvgIpc) is 2.64. The van der Waals surface area contributed by atoms with Gasteiger partial charge in [-0.15, -0.1) is 0 Å². The number of hydrogen-bond donors (Lipinski definition) is 2. The van der Waals surface area contributed by atoms with E-state index in [1.54, 1.807) is 0 Å². The van der Waals surface area contributed by atoms with Crippen LogP contribution in [0.2, 0.25) is 0 Å². The van der Waals surface area contributed by atoms with Crippen molar-refractivity contribution in [2.45, 2.75) is 45.8 Å². The van der Waals surface area contributed by atoms with Crippen molar-refractivity contribution >= 4 is 0 Å². The van der Waals surface area contributed by atoms with Crippen molar-refractivity contribution in [3.05, 3.63) is 23.7 Å². The number of aliphatic hydroxyl groups excluding tert-OH is 1. The fourth-order valence-electron chi connectivity index (χ4n) is 1.46. The van der Waals surface area contributed by atoms with E-state index in [-0.39, 0.29) is 12.1 Å². The lowest BCUT2D eigenvalue weighted by atomic mass is 10.2. The van der Waals surface area contributed by atoms with Gasteiger partial charge in [0.25, 0.3) is 0 Å². The summed E-state index contributed by atoms with van der Waals surface area (Å²) in [5.41, 5.74) is 0. The van der Waals surface area contributed by atoms with Gasteiger partial charge in [0.05, 0.1) is 12.1 Å². The van der Waals surface area contributed by atoms with E-state index in [4.69, 9.17) is 4.42 Å². The van der Waals surface area contributed by atoms with Crippen molar-refractivity contribution in [1.29, 1.82) is 0 Å². The van der Waals surface area contributed by atoms with E-state index in [9.17, 15) is 5.11 Å². The number of nitrogens with one attached hydrogen (secondary N) is 1. The first-order valence-electron chi connectivity index (χ1n) is 5.61. The fraction of sp³-hybridized carbons (Fsp3) is 0.667. The minimum atomic E-state index is -0.192. The second kappa shape index (κ2) is 5.93. The van der Waals surface area contributed by atoms with Crippen molar-refractivity contribution in [3.63, 3.8) is 0 Å². The molecule has 0 aliphatic rings. The fourth-order valence-corrected chi connectivity index (χ4v) is 1.46. The molecule has 2 unspecified atom stereocenters. The molecule has 1 rings (SSSR count). The molecule has 0 saturated carbocycles. The molecule has 2 N–H and O–H groups in total. The van der Waals surface area contributed by atoms with E-state index in [1.165, 1.54) is 0 Å². The number of furan rings is 1. The van der Waals surface area contributed by atoms with Crippen LogP contribution in [-0.2, 0) is 0 Å². The topological polar surface area (TPSA) is 45.4 Å². The summed E-state index contributed by atoms with van der Waals surface area (Å²) in [4.78, 5) is 0. The smallest absolute Gasteiger partial charge is 0.120 e. The van der Waals surface area contributed by atoms with Crippen LogP contribution in [0, 0.1) is 6.92 Å². The molecule has 0 saturated heterocycles. The van der Waals surface area contributed by atoms with Crippen LogP contribution < -0.4 is 5.32 Å². The largest absolute Gasteiger partial charge is 0.465 e. The van der Waals surface area contributed by atoms with Crippen LogP contribution >= 0.6 is 0 Å². The average molecular weight is 211 g/mol. The van der Waals surface area contributed by atoms with Crippen molar-refractivity contribution < 1.29 is 9.52 Å². The van der Waals surface area contributed by atoms with Crippen LogP contribution in [0.5, 0.6) is 0 Å². The van der Waals surface area contributed by atoms with Gasteiger partial charge in [-0.2, -0.15) is 0 Å². The Bertz CT molecular complexity index is 283. The second-order valence-electron chi connectivity index (χ2n) is 3.97. The molecule has 0 radical (unpaired) electrons. The van der Waals surface area contributed by atoms with Gasteiger partial charge in [0.2, 0.25) is 0 Å². The van der Waals surface area contributed by atoms with Crippen molar-refractivity contribution in [2.24, 2.45) is 0 Å². The molecule has 0 bridgehead atoms. The Morgan fingerprint density at radius 3 is 2.73 bits per heavy atom. The van der Waals surface area contributed by atoms with Crippen LogP contribution in [0.1, 0.15) is 44.3 Å². The monoisotopic (exact) mass is 211 g/mol. The van der Waals surface area contributed by atoms with Crippen molar-refractivity contribution in [2.75, 3.05) is 6.54 Å². The van der Waals surface area contributed by atoms with Gasteiger partial charge in [0.15, 0.2) is 0 Å². The predicted octanol–water partition coefficient (Wildman–Crippen LogP) is 2.40. The number of rotatable bonds is 6. The quantitative estimate of drug-likeness (QED) is 0.759. The number of hydrogen-bond acceptors (Lipinski definition) is 3. The molecule has 86 valence electrons. The maximum absolute atomic E-state index is 9.38. The lowest BCUT2D eigenvalue weighted by molar-refractivity contribution is 0.158. The Morgan fingerprint density at radius 1 is 1.47 bits per heavy atom. The zero-order valence-corrected chi connectivity index (χ0v) is 9.79. The van der Waals surface area contributed by atoms with E-state index in [0.717, 1.165) is 30.9 Å². The summed E-state index contributed by atoms with van der Waals surface area (Å²) in [6, 6.07) is 4.17. The van der Waals surface area contributed by atoms with Gasteiger partial charge in [0.1, 0.15) is 11.5 Å². The third-order valence-electron chi connectivity index (χ3n) is 2.59. The maximum Gasteiger partial charge on any atom is 0.120 e. The molecule has 0 spiro atoms. The molecule has 3 nitrogen and oxygen atoms in total. The van der Waals surface area contributed by atoms with Crippen LogP contribution in [0.4, 0.5) is 0 Å². The molecule has 1 aromatic heterocycles. The molecule has 0 fully saturated rings. The molecule has 2 atom stereocenters. The van der Waals surface area contributed by atoms with Crippen LogP contribution in [0.25, 0.3) is 0 Å². The van der Waals surface area contributed by atoms with Gasteiger partial charge in [-0.25, -0.2) is 0 Å². The summed E-state index contributed by atoms with van der Waals surface area (Å²) in [6.07, 6.45) is 1.42. The minimum Gasteiger partial charge on any atom is -0.465 e. The van der Waals surface area contributed by atoms with E-state index < -0.39 is 0 Å². The number of aliphatic hydroxyl groups is 1. The van der Waals surface area contributed by atoms with E-state index in [1.807, 2.05) is 26.0 Å². The SMILES string of the molecule is CCC(O)CCNC(C)c1ccc(C)o1. The third kappa shape index (κ3) is 4.06. The van der Waals surface area contributed by atoms with Crippen LogP contribution in [0.3, 0.4) is 0 Å². The standard InChI is InChI=1S/C12H21NO2/c1-4-11(14)7-8-13-10(3)12-6-5-9(2)15-12/h5-6,10-11,13-14H,4,7-8H2,1-3H3. The highest BCUT2D eigenvalue weighted by Gasteiger charge is 2.09. The van der Waals surface area contributed by atoms with Crippen molar-refractivity contribution in [3.8, 4) is 0 Å². The molecule has 0 amide bonds. The predicted molar refractivity (Wildman–Crippen MR) is 60.8 cm³/mol. The van der Waals surface area contributed by atoms with Crippen LogP contribution in [-0.4, -0.2) is 17.8 Å². The molecule has 3 heteroatoms. The Kier molecular flexibility index (Phi) is 4.85. The highest BCUT2D eigenvalue weighted by molar-refractivity contribution is 5.08. The molecule has 1 aromatic rings. The highest BCUT2D eigenvalue weighted by Crippen LogP contribution is 2.15. The summed E-state index contributed by atoms with van der Waals surface area (Å²) in [6.45, 7) is 6.81. The molecule has 15 heavy (non-hydrogen) atoms. The van der Waals surface area contributed by atoms with Gasteiger partial charge in [-0.3, -0.25) is 0 Å². The molecule has 1 heterocycles. The van der Waals surface area contributed by atoms with Crippen LogP contribution in [0.15, 0.2) is 16.5 Å². The maximum atomic E-state index is 9.38. The summed E-state index contributed by atoms with van der Waals surface area (Å²) >= 11 is 0. The Balaban J connectivity index is 2.27. The minimum absolute atomic E-state index is 0.192. The first-order chi connectivity index (χ1) is 7.13. The molecule has 0 aliphatic heterocycles. The van der Waals surface area contributed by atoms with Gasteiger partial charge in [-0.1, -0.05) is 6.92 Å². The number of aryl methyl sites for hydroxylation is 1. The normalized spacial score (nSPS) is 15.2. The zero-order chi connectivity index (χ0) is 11.3. The van der Waals surface area contributed by atoms with Gasteiger partial charge >= 0.3 is 0 Å². The molecule has 0 aliphatic carbocycles. The first kappa shape index (κ1) is 12.3. The molecule has 0 aromatic carbocycles. The molecular formula is C12H21NO2. The molecular weight excluding hydrogens is 190 g/mol. The lowest BCUT2D eigenvalue weighted by Gasteiger charge is -2.13. The Morgan fingerprint density at radius 2 is 2.20 bits per heavy atom. The van der Waals surface area contributed by atoms with Gasteiger partial charge in [0, 0.05) is 0 Å². The van der Waals surface area contributed by atoms with Crippen molar-refractivity contribution in [1.82, 2.24) is 5.32 Å². The zero-order valence-electron chi connectivity index (χ0n) is 9.79. The lowest BCUT2D eigenvalue weighted by Crippen LogP contribution is -2.23. The summed E-state index contributed by atoms with van der Waals surface area (Å²) < 4.78 is 5.50. The summed E-state index contributed by atoms with van der Waals surface area (Å²) in [7, 11) is 0. The van der Waals surface area contributed by atoms with E-state index >= 15 is 0 Å². The van der Waals surface area contributed by atoms with E-state index in [0.29, 0.717) is 0 Å². The summed E-state index contributed by atoms with van der Waals surface area (Å²) in [5, 5.41) is 12.7. The van der Waals surface area contributed by atoms with Gasteiger partial charge < -0.3 is 14.8 Å². The first-order valence-corrected chi connectivity index (χ1v) is 5.61. The van der Waals surface area contributed by atoms with Gasteiger partial charge in [-0.05, 0) is 45.4 Å². The Labute approximate surface area is 91.5 Å². The Hall–Kier alpha value is -0.800. The second-order valence-corrected chi connectivity index (χ2v) is 3.97.